The van der Waals surface area contributed by atoms with Gasteiger partial charge in [-0.2, -0.15) is 13.5 Å². The van der Waals surface area contributed by atoms with Crippen LogP contribution in [0.15, 0.2) is 75.8 Å². The summed E-state index contributed by atoms with van der Waals surface area (Å²) in [5.41, 5.74) is 0.758. The van der Waals surface area contributed by atoms with Crippen molar-refractivity contribution in [2.75, 3.05) is 11.9 Å². The number of carbonyl (C=O) groups excluding carboxylic acids is 1. The van der Waals surface area contributed by atoms with Crippen LogP contribution in [0, 0.1) is 6.92 Å². The van der Waals surface area contributed by atoms with Crippen LogP contribution in [-0.2, 0) is 10.1 Å². The number of halogens is 2. The van der Waals surface area contributed by atoms with Gasteiger partial charge in [0.15, 0.2) is 5.75 Å². The van der Waals surface area contributed by atoms with E-state index < -0.39 is 26.7 Å². The third-order valence-corrected chi connectivity index (χ3v) is 7.32. The van der Waals surface area contributed by atoms with E-state index in [4.69, 9.17) is 27.9 Å². The number of phenolic OH excluding ortho intramolecular Hbond substituents is 1. The monoisotopic (exact) mass is 573 g/mol. The number of anilines is 1. The predicted molar refractivity (Wildman–Crippen MR) is 146 cm³/mol. The molecule has 1 amide bonds. The summed E-state index contributed by atoms with van der Waals surface area (Å²) in [6.07, 6.45) is 0. The zero-order valence-electron chi connectivity index (χ0n) is 20.1. The lowest BCUT2D eigenvalue weighted by Crippen LogP contribution is -2.13. The lowest BCUT2D eigenvalue weighted by atomic mass is 10.0. The van der Waals surface area contributed by atoms with E-state index >= 15 is 0 Å². The Morgan fingerprint density at radius 2 is 1.79 bits per heavy atom. The first-order valence-corrected chi connectivity index (χ1v) is 13.4. The van der Waals surface area contributed by atoms with Crippen molar-refractivity contribution >= 4 is 67.1 Å². The molecule has 0 aliphatic carbocycles. The van der Waals surface area contributed by atoms with Gasteiger partial charge in [-0.25, -0.2) is 0 Å². The molecule has 9 nitrogen and oxygen atoms in total. The van der Waals surface area contributed by atoms with E-state index in [2.05, 4.69) is 15.5 Å². The van der Waals surface area contributed by atoms with Gasteiger partial charge in [0.25, 0.3) is 16.0 Å². The number of amides is 1. The SMILES string of the molecule is CCOc1cc(Cl)ccc1NC(=O)c1cc2ccccc2c(N=Nc2ccc(S(=O)(=O)O)c(Cl)c2C)c1O. The fourth-order valence-electron chi connectivity index (χ4n) is 3.72. The van der Waals surface area contributed by atoms with Gasteiger partial charge in [0, 0.05) is 16.5 Å². The van der Waals surface area contributed by atoms with Crippen LogP contribution in [0.3, 0.4) is 0 Å². The van der Waals surface area contributed by atoms with Gasteiger partial charge in [0.1, 0.15) is 16.3 Å². The molecule has 38 heavy (non-hydrogen) atoms. The fraction of sp³-hybridized carbons (Fsp3) is 0.115. The Morgan fingerprint density at radius 3 is 2.50 bits per heavy atom. The number of fused-ring (bicyclic) bond motifs is 1. The van der Waals surface area contributed by atoms with Crippen molar-refractivity contribution in [2.24, 2.45) is 10.2 Å². The third-order valence-electron chi connectivity index (χ3n) is 5.59. The molecule has 12 heteroatoms. The van der Waals surface area contributed by atoms with Crippen molar-refractivity contribution in [1.82, 2.24) is 0 Å². The maximum Gasteiger partial charge on any atom is 0.296 e. The Bertz CT molecular complexity index is 1710. The predicted octanol–water partition coefficient (Wildman–Crippen LogP) is 7.47. The molecule has 4 aromatic rings. The van der Waals surface area contributed by atoms with E-state index in [9.17, 15) is 22.9 Å². The van der Waals surface area contributed by atoms with E-state index in [1.165, 1.54) is 19.1 Å². The van der Waals surface area contributed by atoms with E-state index in [1.54, 1.807) is 49.4 Å². The maximum atomic E-state index is 13.2. The number of nitrogens with zero attached hydrogens (tertiary/aromatic N) is 2. The summed E-state index contributed by atoms with van der Waals surface area (Å²) >= 11 is 12.2. The minimum absolute atomic E-state index is 0.0174. The van der Waals surface area contributed by atoms with Gasteiger partial charge >= 0.3 is 0 Å². The molecular weight excluding hydrogens is 553 g/mol. The van der Waals surface area contributed by atoms with Gasteiger partial charge in [-0.05, 0) is 55.1 Å². The first-order valence-electron chi connectivity index (χ1n) is 11.2. The summed E-state index contributed by atoms with van der Waals surface area (Å²) < 4.78 is 38.0. The van der Waals surface area contributed by atoms with Crippen LogP contribution in [0.4, 0.5) is 17.1 Å². The van der Waals surface area contributed by atoms with Gasteiger partial charge < -0.3 is 15.2 Å². The highest BCUT2D eigenvalue weighted by molar-refractivity contribution is 7.86. The molecule has 0 aliphatic rings. The largest absolute Gasteiger partial charge is 0.505 e. The number of hydrogen-bond donors (Lipinski definition) is 3. The van der Waals surface area contributed by atoms with Crippen molar-refractivity contribution in [1.29, 1.82) is 0 Å². The summed E-state index contributed by atoms with van der Waals surface area (Å²) in [6, 6.07) is 15.7. The fourth-order valence-corrected chi connectivity index (χ4v) is 4.95. The van der Waals surface area contributed by atoms with Crippen LogP contribution in [0.2, 0.25) is 10.0 Å². The number of benzene rings is 4. The maximum absolute atomic E-state index is 13.2. The smallest absolute Gasteiger partial charge is 0.296 e. The number of ether oxygens (including phenoxy) is 1. The van der Waals surface area contributed by atoms with Crippen LogP contribution >= 0.6 is 23.2 Å². The number of phenols is 1. The van der Waals surface area contributed by atoms with Gasteiger partial charge in [0.05, 0.1) is 28.6 Å². The molecule has 0 aliphatic heterocycles. The Morgan fingerprint density at radius 1 is 1.05 bits per heavy atom. The Hall–Kier alpha value is -3.70. The molecule has 4 aromatic carbocycles. The Balaban J connectivity index is 1.78. The Labute approximate surface area is 228 Å². The number of rotatable bonds is 7. The molecule has 0 saturated carbocycles. The average Bonchev–Trinajstić information content (AvgIpc) is 2.86. The van der Waals surface area contributed by atoms with Gasteiger partial charge in [0.2, 0.25) is 0 Å². The van der Waals surface area contributed by atoms with Crippen LogP contribution in [0.25, 0.3) is 10.8 Å². The van der Waals surface area contributed by atoms with Crippen molar-refractivity contribution in [3.05, 3.63) is 81.8 Å². The first kappa shape index (κ1) is 27.3. The summed E-state index contributed by atoms with van der Waals surface area (Å²) in [6.45, 7) is 3.66. The summed E-state index contributed by atoms with van der Waals surface area (Å²) in [5.74, 6) is -0.672. The molecule has 4 rings (SSSR count). The number of aromatic hydroxyl groups is 1. The highest BCUT2D eigenvalue weighted by Crippen LogP contribution is 2.41. The van der Waals surface area contributed by atoms with Crippen molar-refractivity contribution in [2.45, 2.75) is 18.7 Å². The molecule has 196 valence electrons. The second kappa shape index (κ2) is 11.0. The molecule has 0 unspecified atom stereocenters. The van der Waals surface area contributed by atoms with E-state index in [0.717, 1.165) is 6.07 Å². The third kappa shape index (κ3) is 5.58. The van der Waals surface area contributed by atoms with Gasteiger partial charge in [-0.1, -0.05) is 47.5 Å². The molecule has 3 N–H and O–H groups in total. The van der Waals surface area contributed by atoms with Crippen LogP contribution < -0.4 is 10.1 Å². The average molecular weight is 574 g/mol. The topological polar surface area (TPSA) is 138 Å². The molecule has 0 radical (unpaired) electrons. The molecule has 0 fully saturated rings. The lowest BCUT2D eigenvalue weighted by molar-refractivity contribution is 0.102. The number of carbonyl (C=O) groups is 1. The lowest BCUT2D eigenvalue weighted by Gasteiger charge is -2.14. The van der Waals surface area contributed by atoms with Crippen LogP contribution in [-0.4, -0.2) is 30.6 Å². The van der Waals surface area contributed by atoms with Gasteiger partial charge in [-0.15, -0.1) is 5.11 Å². The minimum atomic E-state index is -4.53. The van der Waals surface area contributed by atoms with E-state index in [-0.39, 0.29) is 27.5 Å². The van der Waals surface area contributed by atoms with Crippen molar-refractivity contribution < 1.29 is 27.6 Å². The highest BCUT2D eigenvalue weighted by Gasteiger charge is 2.21. The summed E-state index contributed by atoms with van der Waals surface area (Å²) in [4.78, 5) is 12.8. The standard InChI is InChI=1S/C26H21Cl2N3O6S/c1-3-37-21-13-16(27)8-9-20(21)29-26(33)18-12-15-6-4-5-7-17(15)24(25(18)32)31-30-19-10-11-22(38(34,35)36)23(28)14(19)2/h4-13,32H,3H2,1-2H3,(H,29,33)(H,34,35,36). The van der Waals surface area contributed by atoms with Crippen LogP contribution in [0.1, 0.15) is 22.8 Å². The molecule has 0 aromatic heterocycles. The second-order valence-corrected chi connectivity index (χ2v) is 10.3. The highest BCUT2D eigenvalue weighted by atomic mass is 35.5. The van der Waals surface area contributed by atoms with E-state index in [1.807, 2.05) is 0 Å². The minimum Gasteiger partial charge on any atom is -0.505 e. The second-order valence-electron chi connectivity index (χ2n) is 8.07. The molecule has 0 bridgehead atoms. The quantitative estimate of drug-likeness (QED) is 0.155. The summed E-state index contributed by atoms with van der Waals surface area (Å²) in [5, 5.41) is 23.5. The number of azo groups is 1. The van der Waals surface area contributed by atoms with Crippen molar-refractivity contribution in [3.63, 3.8) is 0 Å². The molecule has 0 atom stereocenters. The summed E-state index contributed by atoms with van der Waals surface area (Å²) in [7, 11) is -4.53. The van der Waals surface area contributed by atoms with Gasteiger partial charge in [-0.3, -0.25) is 9.35 Å². The zero-order valence-corrected chi connectivity index (χ0v) is 22.4. The molecule has 0 spiro atoms. The van der Waals surface area contributed by atoms with Crippen LogP contribution in [0.5, 0.6) is 11.5 Å². The normalized spacial score (nSPS) is 11.7. The molecule has 0 saturated heterocycles. The molecule has 0 heterocycles. The zero-order chi connectivity index (χ0) is 27.6. The first-order chi connectivity index (χ1) is 18.0. The number of nitrogens with one attached hydrogen (secondary N) is 1. The Kier molecular flexibility index (Phi) is 7.89. The van der Waals surface area contributed by atoms with E-state index in [0.29, 0.717) is 33.8 Å². The van der Waals surface area contributed by atoms with Crippen molar-refractivity contribution in [3.8, 4) is 11.5 Å². The molecular formula is C26H21Cl2N3O6S. The number of hydrogen-bond acceptors (Lipinski definition) is 7.